The van der Waals surface area contributed by atoms with E-state index in [4.69, 9.17) is 4.74 Å². The highest BCUT2D eigenvalue weighted by molar-refractivity contribution is 5.67. The minimum Gasteiger partial charge on any atom is -0.444 e. The molecule has 1 rings (SSSR count). The standard InChI is InChI=1S/C14H26N2O2/c1-13(2,3)18-12(17)16-10-14(4,5)11-7-6-8-15-9-11/h7,15H,6,8-10H2,1-5H3,(H,16,17). The molecule has 0 fully saturated rings. The van der Waals surface area contributed by atoms with Crippen LogP contribution in [0, 0.1) is 5.41 Å². The minimum absolute atomic E-state index is 0.0374. The second-order valence-electron chi connectivity index (χ2n) is 6.43. The molecule has 2 N–H and O–H groups in total. The summed E-state index contributed by atoms with van der Waals surface area (Å²) in [7, 11) is 0. The van der Waals surface area contributed by atoms with Gasteiger partial charge < -0.3 is 15.4 Å². The third-order valence-corrected chi connectivity index (χ3v) is 2.97. The highest BCUT2D eigenvalue weighted by atomic mass is 16.6. The summed E-state index contributed by atoms with van der Waals surface area (Å²) in [5.74, 6) is 0. The summed E-state index contributed by atoms with van der Waals surface area (Å²) in [5.41, 5.74) is 0.870. The molecule has 0 unspecified atom stereocenters. The highest BCUT2D eigenvalue weighted by Crippen LogP contribution is 2.26. The van der Waals surface area contributed by atoms with Gasteiger partial charge in [0.05, 0.1) is 0 Å². The van der Waals surface area contributed by atoms with E-state index in [0.29, 0.717) is 6.54 Å². The quantitative estimate of drug-likeness (QED) is 0.761. The molecule has 4 heteroatoms. The molecule has 0 radical (unpaired) electrons. The monoisotopic (exact) mass is 254 g/mol. The van der Waals surface area contributed by atoms with Crippen LogP contribution in [0.5, 0.6) is 0 Å². The molecule has 18 heavy (non-hydrogen) atoms. The average molecular weight is 254 g/mol. The number of ether oxygens (including phenoxy) is 1. The lowest BCUT2D eigenvalue weighted by Crippen LogP contribution is -2.41. The number of carbonyl (C=O) groups excluding carboxylic acids is 1. The predicted molar refractivity (Wildman–Crippen MR) is 73.6 cm³/mol. The number of hydrogen-bond donors (Lipinski definition) is 2. The molecule has 4 nitrogen and oxygen atoms in total. The summed E-state index contributed by atoms with van der Waals surface area (Å²) in [6, 6.07) is 0. The van der Waals surface area contributed by atoms with Crippen LogP contribution in [0.15, 0.2) is 11.6 Å². The van der Waals surface area contributed by atoms with Gasteiger partial charge in [0.1, 0.15) is 5.60 Å². The summed E-state index contributed by atoms with van der Waals surface area (Å²) in [4.78, 5) is 11.6. The molecule has 1 aliphatic rings. The summed E-state index contributed by atoms with van der Waals surface area (Å²) >= 11 is 0. The molecular formula is C14H26N2O2. The van der Waals surface area contributed by atoms with Gasteiger partial charge in [-0.1, -0.05) is 25.5 Å². The first kappa shape index (κ1) is 15.0. The summed E-state index contributed by atoms with van der Waals surface area (Å²) in [5, 5.41) is 6.20. The summed E-state index contributed by atoms with van der Waals surface area (Å²) in [6.45, 7) is 12.4. The van der Waals surface area contributed by atoms with Gasteiger partial charge in [-0.3, -0.25) is 0 Å². The molecule has 1 aliphatic heterocycles. The van der Waals surface area contributed by atoms with E-state index >= 15 is 0 Å². The molecule has 0 aromatic carbocycles. The Morgan fingerprint density at radius 2 is 2.06 bits per heavy atom. The lowest BCUT2D eigenvalue weighted by atomic mass is 9.82. The Hall–Kier alpha value is -1.03. The smallest absolute Gasteiger partial charge is 0.407 e. The van der Waals surface area contributed by atoms with Crippen molar-refractivity contribution in [3.63, 3.8) is 0 Å². The third kappa shape index (κ3) is 5.08. The van der Waals surface area contributed by atoms with Crippen molar-refractivity contribution in [2.75, 3.05) is 19.6 Å². The molecule has 0 aliphatic carbocycles. The number of nitrogens with one attached hydrogen (secondary N) is 2. The van der Waals surface area contributed by atoms with Crippen LogP contribution in [0.1, 0.15) is 41.0 Å². The molecule has 0 aromatic heterocycles. The first-order chi connectivity index (χ1) is 8.21. The Morgan fingerprint density at radius 3 is 2.56 bits per heavy atom. The van der Waals surface area contributed by atoms with E-state index in [-0.39, 0.29) is 11.5 Å². The van der Waals surface area contributed by atoms with E-state index in [1.807, 2.05) is 20.8 Å². The van der Waals surface area contributed by atoms with Gasteiger partial charge in [0, 0.05) is 18.5 Å². The first-order valence-electron chi connectivity index (χ1n) is 6.58. The zero-order chi connectivity index (χ0) is 13.8. The van der Waals surface area contributed by atoms with E-state index in [2.05, 4.69) is 30.6 Å². The molecule has 0 spiro atoms. The van der Waals surface area contributed by atoms with Crippen LogP contribution in [-0.2, 0) is 4.74 Å². The fourth-order valence-corrected chi connectivity index (χ4v) is 1.88. The highest BCUT2D eigenvalue weighted by Gasteiger charge is 2.26. The number of amides is 1. The van der Waals surface area contributed by atoms with Crippen molar-refractivity contribution in [3.8, 4) is 0 Å². The van der Waals surface area contributed by atoms with E-state index in [1.165, 1.54) is 5.57 Å². The zero-order valence-electron chi connectivity index (χ0n) is 12.2. The van der Waals surface area contributed by atoms with Gasteiger partial charge in [0.15, 0.2) is 0 Å². The number of hydrogen-bond acceptors (Lipinski definition) is 3. The number of alkyl carbamates (subject to hydrolysis) is 1. The zero-order valence-corrected chi connectivity index (χ0v) is 12.2. The van der Waals surface area contributed by atoms with Gasteiger partial charge in [-0.25, -0.2) is 4.79 Å². The van der Waals surface area contributed by atoms with Crippen LogP contribution in [0.3, 0.4) is 0 Å². The molecule has 0 aromatic rings. The van der Waals surface area contributed by atoms with Crippen LogP contribution >= 0.6 is 0 Å². The van der Waals surface area contributed by atoms with Crippen LogP contribution in [0.2, 0.25) is 0 Å². The largest absolute Gasteiger partial charge is 0.444 e. The van der Waals surface area contributed by atoms with Gasteiger partial charge in [-0.15, -0.1) is 0 Å². The normalized spacial score (nSPS) is 17.1. The molecule has 0 saturated heterocycles. The van der Waals surface area contributed by atoms with Crippen molar-refractivity contribution in [2.24, 2.45) is 5.41 Å². The van der Waals surface area contributed by atoms with Crippen LogP contribution in [-0.4, -0.2) is 31.3 Å². The lowest BCUT2D eigenvalue weighted by Gasteiger charge is -2.31. The second kappa shape index (κ2) is 5.74. The van der Waals surface area contributed by atoms with E-state index in [1.54, 1.807) is 0 Å². The van der Waals surface area contributed by atoms with Crippen LogP contribution in [0.4, 0.5) is 4.79 Å². The van der Waals surface area contributed by atoms with Crippen LogP contribution in [0.25, 0.3) is 0 Å². The molecule has 104 valence electrons. The molecule has 0 atom stereocenters. The van der Waals surface area contributed by atoms with Gasteiger partial charge in [-0.2, -0.15) is 0 Å². The van der Waals surface area contributed by atoms with Gasteiger partial charge in [-0.05, 0) is 33.7 Å². The van der Waals surface area contributed by atoms with Crippen molar-refractivity contribution in [3.05, 3.63) is 11.6 Å². The van der Waals surface area contributed by atoms with Gasteiger partial charge >= 0.3 is 6.09 Å². The Kier molecular flexibility index (Phi) is 4.79. The molecule has 1 amide bonds. The first-order valence-corrected chi connectivity index (χ1v) is 6.58. The second-order valence-corrected chi connectivity index (χ2v) is 6.43. The molecule has 0 saturated carbocycles. The number of carbonyl (C=O) groups is 1. The van der Waals surface area contributed by atoms with Crippen molar-refractivity contribution >= 4 is 6.09 Å². The van der Waals surface area contributed by atoms with Crippen molar-refractivity contribution in [1.82, 2.24) is 10.6 Å². The van der Waals surface area contributed by atoms with Crippen molar-refractivity contribution in [1.29, 1.82) is 0 Å². The van der Waals surface area contributed by atoms with E-state index in [9.17, 15) is 4.79 Å². The molecular weight excluding hydrogens is 228 g/mol. The van der Waals surface area contributed by atoms with Crippen LogP contribution < -0.4 is 10.6 Å². The van der Waals surface area contributed by atoms with E-state index < -0.39 is 5.60 Å². The van der Waals surface area contributed by atoms with Gasteiger partial charge in [0.25, 0.3) is 0 Å². The lowest BCUT2D eigenvalue weighted by molar-refractivity contribution is 0.0512. The maximum Gasteiger partial charge on any atom is 0.407 e. The van der Waals surface area contributed by atoms with Crippen molar-refractivity contribution < 1.29 is 9.53 Å². The number of rotatable bonds is 3. The Morgan fingerprint density at radius 1 is 1.39 bits per heavy atom. The Bertz CT molecular complexity index is 327. The van der Waals surface area contributed by atoms with Crippen molar-refractivity contribution in [2.45, 2.75) is 46.6 Å². The average Bonchev–Trinajstić information content (AvgIpc) is 2.26. The SMILES string of the molecule is CC(C)(C)OC(=O)NCC(C)(C)C1=CCCNC1. The van der Waals surface area contributed by atoms with E-state index in [0.717, 1.165) is 19.5 Å². The third-order valence-electron chi connectivity index (χ3n) is 2.97. The predicted octanol–water partition coefficient (Wildman–Crippen LogP) is 2.46. The summed E-state index contributed by atoms with van der Waals surface area (Å²) < 4.78 is 5.24. The summed E-state index contributed by atoms with van der Waals surface area (Å²) in [6.07, 6.45) is 2.98. The maximum absolute atomic E-state index is 11.6. The topological polar surface area (TPSA) is 50.4 Å². The fourth-order valence-electron chi connectivity index (χ4n) is 1.88. The Balaban J connectivity index is 2.46. The minimum atomic E-state index is -0.445. The maximum atomic E-state index is 11.6. The fraction of sp³-hybridized carbons (Fsp3) is 0.786. The van der Waals surface area contributed by atoms with Gasteiger partial charge in [0.2, 0.25) is 0 Å². The Labute approximate surface area is 110 Å². The molecule has 0 bridgehead atoms. The molecule has 1 heterocycles.